The molecule has 0 saturated carbocycles. The molecule has 0 atom stereocenters. The topological polar surface area (TPSA) is 42.0 Å². The minimum absolute atomic E-state index is 0.286. The van der Waals surface area contributed by atoms with Crippen LogP contribution in [0.2, 0.25) is 10.0 Å². The molecule has 3 nitrogen and oxygen atoms in total. The quantitative estimate of drug-likeness (QED) is 0.705. The highest BCUT2D eigenvalue weighted by Crippen LogP contribution is 2.25. The molecule has 1 heterocycles. The summed E-state index contributed by atoms with van der Waals surface area (Å²) < 4.78 is 0. The van der Waals surface area contributed by atoms with Crippen molar-refractivity contribution in [3.05, 3.63) is 75.2 Å². The van der Waals surface area contributed by atoms with Gasteiger partial charge in [0.05, 0.1) is 27.8 Å². The van der Waals surface area contributed by atoms with Crippen LogP contribution in [0.25, 0.3) is 10.6 Å². The number of thiazole rings is 1. The summed E-state index contributed by atoms with van der Waals surface area (Å²) >= 11 is 13.6. The van der Waals surface area contributed by atoms with Crippen molar-refractivity contribution in [3.63, 3.8) is 0 Å². The summed E-state index contributed by atoms with van der Waals surface area (Å²) in [6, 6.07) is 14.9. The first-order chi connectivity index (χ1) is 11.1. The predicted molar refractivity (Wildman–Crippen MR) is 95.2 cm³/mol. The second-order valence-electron chi connectivity index (χ2n) is 4.79. The predicted octanol–water partition coefficient (Wildman–Crippen LogP) is 5.05. The number of nitrogens with zero attached hydrogens (tertiary/aromatic N) is 1. The monoisotopic (exact) mass is 362 g/mol. The van der Waals surface area contributed by atoms with Gasteiger partial charge in [0.15, 0.2) is 0 Å². The molecular weight excluding hydrogens is 351 g/mol. The van der Waals surface area contributed by atoms with Crippen molar-refractivity contribution >= 4 is 40.4 Å². The first-order valence-corrected chi connectivity index (χ1v) is 8.51. The van der Waals surface area contributed by atoms with Crippen molar-refractivity contribution in [3.8, 4) is 10.6 Å². The number of aromatic nitrogens is 1. The maximum absolute atomic E-state index is 12.2. The standard InChI is InChI=1S/C17H12Cl2N2OS/c18-13-7-4-8-14(19)15(13)16(22)20-9-12-10-23-17(21-12)11-5-2-1-3-6-11/h1-8,10H,9H2,(H,20,22). The van der Waals surface area contributed by atoms with Crippen LogP contribution in [0.4, 0.5) is 0 Å². The third kappa shape index (κ3) is 3.72. The van der Waals surface area contributed by atoms with Gasteiger partial charge in [-0.1, -0.05) is 59.6 Å². The lowest BCUT2D eigenvalue weighted by Crippen LogP contribution is -2.23. The molecule has 0 saturated heterocycles. The maximum atomic E-state index is 12.2. The van der Waals surface area contributed by atoms with Crippen LogP contribution in [0.3, 0.4) is 0 Å². The Bertz CT molecular complexity index is 813. The maximum Gasteiger partial charge on any atom is 0.254 e. The Hall–Kier alpha value is -1.88. The van der Waals surface area contributed by atoms with Gasteiger partial charge in [-0.05, 0) is 12.1 Å². The van der Waals surface area contributed by atoms with E-state index in [0.717, 1.165) is 16.3 Å². The lowest BCUT2D eigenvalue weighted by atomic mass is 10.2. The Balaban J connectivity index is 1.70. The summed E-state index contributed by atoms with van der Waals surface area (Å²) in [7, 11) is 0. The highest BCUT2D eigenvalue weighted by Gasteiger charge is 2.14. The van der Waals surface area contributed by atoms with Crippen LogP contribution < -0.4 is 5.32 Å². The molecule has 0 aliphatic carbocycles. The normalized spacial score (nSPS) is 10.5. The van der Waals surface area contributed by atoms with Crippen molar-refractivity contribution in [2.45, 2.75) is 6.54 Å². The molecule has 0 aliphatic heterocycles. The molecule has 116 valence electrons. The van der Waals surface area contributed by atoms with Gasteiger partial charge in [-0.15, -0.1) is 11.3 Å². The molecule has 6 heteroatoms. The molecule has 1 N–H and O–H groups in total. The van der Waals surface area contributed by atoms with Gasteiger partial charge in [0.1, 0.15) is 5.01 Å². The Morgan fingerprint density at radius 1 is 1.04 bits per heavy atom. The first-order valence-electron chi connectivity index (χ1n) is 6.87. The first kappa shape index (κ1) is 16.0. The van der Waals surface area contributed by atoms with Crippen LogP contribution in [0.1, 0.15) is 16.1 Å². The van der Waals surface area contributed by atoms with Gasteiger partial charge < -0.3 is 5.32 Å². The minimum atomic E-state index is -0.310. The van der Waals surface area contributed by atoms with Gasteiger partial charge >= 0.3 is 0 Å². The van der Waals surface area contributed by atoms with E-state index in [1.54, 1.807) is 29.5 Å². The Labute approximate surface area is 147 Å². The van der Waals surface area contributed by atoms with Crippen LogP contribution in [-0.2, 0) is 6.54 Å². The summed E-state index contributed by atoms with van der Waals surface area (Å²) in [6.07, 6.45) is 0. The molecular formula is C17H12Cl2N2OS. The average Bonchev–Trinajstić information content (AvgIpc) is 3.02. The molecule has 3 rings (SSSR count). The van der Waals surface area contributed by atoms with Crippen molar-refractivity contribution in [1.29, 1.82) is 0 Å². The molecule has 1 aromatic heterocycles. The zero-order valence-electron chi connectivity index (χ0n) is 11.9. The lowest BCUT2D eigenvalue weighted by molar-refractivity contribution is 0.0951. The summed E-state index contributed by atoms with van der Waals surface area (Å²) in [6.45, 7) is 0.323. The fourth-order valence-corrected chi connectivity index (χ4v) is 3.47. The summed E-state index contributed by atoms with van der Waals surface area (Å²) in [5, 5.41) is 6.31. The summed E-state index contributed by atoms with van der Waals surface area (Å²) in [5.74, 6) is -0.310. The Morgan fingerprint density at radius 2 is 1.74 bits per heavy atom. The largest absolute Gasteiger partial charge is 0.346 e. The van der Waals surface area contributed by atoms with Crippen LogP contribution in [0.15, 0.2) is 53.9 Å². The third-order valence-electron chi connectivity index (χ3n) is 3.19. The molecule has 0 unspecified atom stereocenters. The highest BCUT2D eigenvalue weighted by molar-refractivity contribution is 7.13. The average molecular weight is 363 g/mol. The molecule has 0 radical (unpaired) electrons. The second kappa shape index (κ2) is 7.13. The van der Waals surface area contributed by atoms with Crippen LogP contribution in [-0.4, -0.2) is 10.9 Å². The van der Waals surface area contributed by atoms with Gasteiger partial charge in [0.2, 0.25) is 0 Å². The van der Waals surface area contributed by atoms with Crippen molar-refractivity contribution in [2.24, 2.45) is 0 Å². The van der Waals surface area contributed by atoms with Crippen molar-refractivity contribution in [2.75, 3.05) is 0 Å². The molecule has 3 aromatic rings. The van der Waals surface area contributed by atoms with E-state index in [1.165, 1.54) is 0 Å². The smallest absolute Gasteiger partial charge is 0.254 e. The lowest BCUT2D eigenvalue weighted by Gasteiger charge is -2.07. The number of benzene rings is 2. The fraction of sp³-hybridized carbons (Fsp3) is 0.0588. The summed E-state index contributed by atoms with van der Waals surface area (Å²) in [5.41, 5.74) is 2.14. The number of carbonyl (C=O) groups is 1. The molecule has 0 fully saturated rings. The molecule has 1 amide bonds. The Kier molecular flexibility index (Phi) is 4.96. The van der Waals surface area contributed by atoms with E-state index in [9.17, 15) is 4.79 Å². The Morgan fingerprint density at radius 3 is 2.43 bits per heavy atom. The number of hydrogen-bond acceptors (Lipinski definition) is 3. The number of rotatable bonds is 4. The van der Waals surface area contributed by atoms with Crippen molar-refractivity contribution in [1.82, 2.24) is 10.3 Å². The minimum Gasteiger partial charge on any atom is -0.346 e. The van der Waals surface area contributed by atoms with Gasteiger partial charge in [-0.3, -0.25) is 4.79 Å². The summed E-state index contributed by atoms with van der Waals surface area (Å²) in [4.78, 5) is 16.8. The van der Waals surface area contributed by atoms with Crippen LogP contribution in [0, 0.1) is 0 Å². The van der Waals surface area contributed by atoms with Gasteiger partial charge in [-0.25, -0.2) is 4.98 Å². The third-order valence-corrected chi connectivity index (χ3v) is 4.76. The number of halogens is 2. The number of amides is 1. The molecule has 0 spiro atoms. The van der Waals surface area contributed by atoms with Crippen molar-refractivity contribution < 1.29 is 4.79 Å². The van der Waals surface area contributed by atoms with E-state index >= 15 is 0 Å². The highest BCUT2D eigenvalue weighted by atomic mass is 35.5. The van der Waals surface area contributed by atoms with E-state index in [1.807, 2.05) is 35.7 Å². The number of nitrogens with one attached hydrogen (secondary N) is 1. The van der Waals surface area contributed by atoms with Crippen LogP contribution in [0.5, 0.6) is 0 Å². The number of hydrogen-bond donors (Lipinski definition) is 1. The van der Waals surface area contributed by atoms with E-state index in [-0.39, 0.29) is 11.5 Å². The van der Waals surface area contributed by atoms with E-state index in [2.05, 4.69) is 10.3 Å². The molecule has 0 aliphatic rings. The second-order valence-corrected chi connectivity index (χ2v) is 6.46. The van der Waals surface area contributed by atoms with E-state index in [4.69, 9.17) is 23.2 Å². The van der Waals surface area contributed by atoms with Gasteiger partial charge in [-0.2, -0.15) is 0 Å². The fourth-order valence-electron chi connectivity index (χ4n) is 2.08. The molecule has 2 aromatic carbocycles. The molecule has 23 heavy (non-hydrogen) atoms. The zero-order chi connectivity index (χ0) is 16.2. The SMILES string of the molecule is O=C(NCc1csc(-c2ccccc2)n1)c1c(Cl)cccc1Cl. The van der Waals surface area contributed by atoms with Gasteiger partial charge in [0.25, 0.3) is 5.91 Å². The molecule has 0 bridgehead atoms. The van der Waals surface area contributed by atoms with Crippen LogP contribution >= 0.6 is 34.5 Å². The van der Waals surface area contributed by atoms with E-state index < -0.39 is 0 Å². The zero-order valence-corrected chi connectivity index (χ0v) is 14.3. The van der Waals surface area contributed by atoms with Gasteiger partial charge in [0, 0.05) is 10.9 Å². The van der Waals surface area contributed by atoms with E-state index in [0.29, 0.717) is 16.6 Å². The number of carbonyl (C=O) groups excluding carboxylic acids is 1.